The van der Waals surface area contributed by atoms with Crippen LogP contribution in [-0.4, -0.2) is 61.5 Å². The highest BCUT2D eigenvalue weighted by Gasteiger charge is 2.37. The molecule has 4 rings (SSSR count). The minimum atomic E-state index is -1.45. The van der Waals surface area contributed by atoms with Gasteiger partial charge in [-0.25, -0.2) is 4.39 Å². The Labute approximate surface area is 264 Å². The third-order valence-electron chi connectivity index (χ3n) is 7.32. The van der Waals surface area contributed by atoms with Crippen molar-refractivity contribution >= 4 is 46.6 Å². The molecule has 1 aliphatic carbocycles. The van der Waals surface area contributed by atoms with E-state index in [0.717, 1.165) is 49.1 Å². The predicted octanol–water partition coefficient (Wildman–Crippen LogP) is 4.01. The first kappa shape index (κ1) is 33.2. The summed E-state index contributed by atoms with van der Waals surface area (Å²) in [4.78, 5) is 54.6. The van der Waals surface area contributed by atoms with Gasteiger partial charge in [0, 0.05) is 24.2 Å². The third-order valence-corrected chi connectivity index (χ3v) is 8.17. The van der Waals surface area contributed by atoms with E-state index in [1.165, 1.54) is 38.5 Å². The number of aromatic nitrogens is 1. The smallest absolute Gasteiger partial charge is 0.325 e. The Hall–Kier alpha value is -4.72. The molecule has 3 aromatic rings. The molecular weight excluding hydrogens is 605 g/mol. The molecule has 14 heteroatoms. The molecule has 4 N–H and O–H groups in total. The normalized spacial score (nSPS) is 13.8. The van der Waals surface area contributed by atoms with Crippen LogP contribution in [0.5, 0.6) is 11.5 Å². The van der Waals surface area contributed by atoms with Gasteiger partial charge in [0.25, 0.3) is 11.8 Å². The van der Waals surface area contributed by atoms with Crippen molar-refractivity contribution < 1.29 is 37.8 Å². The molecule has 3 amide bonds. The zero-order valence-electron chi connectivity index (χ0n) is 25.3. The molecule has 1 atom stereocenters. The average Bonchev–Trinajstić information content (AvgIpc) is 3.44. The molecule has 1 aromatic heterocycles. The summed E-state index contributed by atoms with van der Waals surface area (Å²) in [6.07, 6.45) is 4.80. The minimum absolute atomic E-state index is 0.0156. The summed E-state index contributed by atoms with van der Waals surface area (Å²) < 4.78 is 34.0. The number of methoxy groups -OCH3 is 2. The van der Waals surface area contributed by atoms with Crippen LogP contribution in [0.1, 0.15) is 70.8 Å². The summed E-state index contributed by atoms with van der Waals surface area (Å²) in [5, 5.41) is 5.46. The number of hydrogen-bond acceptors (Lipinski definition) is 10. The quantitative estimate of drug-likeness (QED) is 0.248. The predicted molar refractivity (Wildman–Crippen MR) is 166 cm³/mol. The maximum atomic E-state index is 14.5. The largest absolute Gasteiger partial charge is 0.497 e. The maximum absolute atomic E-state index is 14.5. The topological polar surface area (TPSA) is 162 Å². The number of halogens is 1. The molecule has 12 nitrogen and oxygen atoms in total. The fraction of sp³-hybridized carbons (Fsp3) is 0.387. The number of nitrogens with one attached hydrogen (secondary N) is 2. The molecule has 2 aromatic carbocycles. The summed E-state index contributed by atoms with van der Waals surface area (Å²) in [6.45, 7) is 1.24. The van der Waals surface area contributed by atoms with Crippen molar-refractivity contribution in [2.45, 2.75) is 51.1 Å². The molecule has 45 heavy (non-hydrogen) atoms. The Morgan fingerprint density at radius 2 is 1.69 bits per heavy atom. The summed E-state index contributed by atoms with van der Waals surface area (Å²) in [5.41, 5.74) is 6.50. The Kier molecular flexibility index (Phi) is 11.3. The highest BCUT2D eigenvalue weighted by Crippen LogP contribution is 2.37. The van der Waals surface area contributed by atoms with Gasteiger partial charge in [-0.2, -0.15) is 4.37 Å². The molecule has 1 saturated carbocycles. The molecule has 0 spiro atoms. The Morgan fingerprint density at radius 1 is 1.04 bits per heavy atom. The standard InChI is InChI=1S/C31H36FN5O7S/c1-4-44-24(38)17-34-30(40)27(18-10-12-19(32)13-11-18)37(21-14-22(42-2)16-23(15-21)43-3)31(41)28-25(33)26(36-45-28)29(39)35-20-8-6-5-7-9-20/h10-16,20,27H,4-9,17,33H2,1-3H3,(H,34,40)(H,35,39). The van der Waals surface area contributed by atoms with Gasteiger partial charge in [-0.1, -0.05) is 31.4 Å². The molecule has 1 heterocycles. The van der Waals surface area contributed by atoms with Crippen molar-refractivity contribution in [3.63, 3.8) is 0 Å². The number of esters is 1. The second-order valence-corrected chi connectivity index (χ2v) is 11.1. The van der Waals surface area contributed by atoms with Gasteiger partial charge in [0.2, 0.25) is 5.91 Å². The van der Waals surface area contributed by atoms with Crippen LogP contribution in [0, 0.1) is 5.82 Å². The van der Waals surface area contributed by atoms with Gasteiger partial charge >= 0.3 is 5.97 Å². The number of carbonyl (C=O) groups is 4. The van der Waals surface area contributed by atoms with Crippen LogP contribution in [0.3, 0.4) is 0 Å². The van der Waals surface area contributed by atoms with Gasteiger partial charge in [0.15, 0.2) is 5.69 Å². The van der Waals surface area contributed by atoms with Gasteiger partial charge in [0.05, 0.1) is 32.2 Å². The van der Waals surface area contributed by atoms with Gasteiger partial charge in [-0.05, 0) is 49.0 Å². The van der Waals surface area contributed by atoms with E-state index in [2.05, 4.69) is 15.0 Å². The minimum Gasteiger partial charge on any atom is -0.497 e. The molecule has 0 aliphatic heterocycles. The van der Waals surface area contributed by atoms with Gasteiger partial charge < -0.3 is 30.6 Å². The summed E-state index contributed by atoms with van der Waals surface area (Å²) in [6, 6.07) is 8.10. The second-order valence-electron chi connectivity index (χ2n) is 10.3. The first-order valence-electron chi connectivity index (χ1n) is 14.5. The van der Waals surface area contributed by atoms with Crippen LogP contribution in [0.4, 0.5) is 15.8 Å². The molecule has 240 valence electrons. The SMILES string of the molecule is CCOC(=O)CNC(=O)C(c1ccc(F)cc1)N(C(=O)c1snc(C(=O)NC2CCCCC2)c1N)c1cc(OC)cc(OC)c1. The number of nitrogens with two attached hydrogens (primary N) is 1. The van der Waals surface area contributed by atoms with E-state index in [-0.39, 0.29) is 40.2 Å². The highest BCUT2D eigenvalue weighted by molar-refractivity contribution is 7.09. The van der Waals surface area contributed by atoms with E-state index in [0.29, 0.717) is 23.0 Å². The fourth-order valence-electron chi connectivity index (χ4n) is 5.07. The molecule has 1 aliphatic rings. The first-order valence-corrected chi connectivity index (χ1v) is 15.3. The van der Waals surface area contributed by atoms with E-state index < -0.39 is 42.1 Å². The zero-order valence-corrected chi connectivity index (χ0v) is 26.1. The number of rotatable bonds is 12. The van der Waals surface area contributed by atoms with E-state index in [9.17, 15) is 23.6 Å². The Bertz CT molecular complexity index is 1500. The van der Waals surface area contributed by atoms with E-state index in [1.807, 2.05) is 0 Å². The lowest BCUT2D eigenvalue weighted by atomic mass is 9.95. The van der Waals surface area contributed by atoms with Crippen molar-refractivity contribution in [2.75, 3.05) is 38.0 Å². The Morgan fingerprint density at radius 3 is 2.29 bits per heavy atom. The third kappa shape index (κ3) is 8.06. The lowest BCUT2D eigenvalue weighted by molar-refractivity contribution is -0.143. The molecule has 1 fully saturated rings. The Balaban J connectivity index is 1.81. The number of amides is 3. The van der Waals surface area contributed by atoms with E-state index >= 15 is 0 Å². The van der Waals surface area contributed by atoms with E-state index in [4.69, 9.17) is 19.9 Å². The molecule has 1 unspecified atom stereocenters. The molecule has 0 bridgehead atoms. The van der Waals surface area contributed by atoms with Gasteiger partial charge in [-0.15, -0.1) is 0 Å². The van der Waals surface area contributed by atoms with Crippen LogP contribution in [0.15, 0.2) is 42.5 Å². The number of ether oxygens (including phenoxy) is 3. The monoisotopic (exact) mass is 641 g/mol. The van der Waals surface area contributed by atoms with Crippen molar-refractivity contribution in [3.8, 4) is 11.5 Å². The van der Waals surface area contributed by atoms with Crippen molar-refractivity contribution in [1.82, 2.24) is 15.0 Å². The van der Waals surface area contributed by atoms with Crippen molar-refractivity contribution in [2.24, 2.45) is 0 Å². The summed E-state index contributed by atoms with van der Waals surface area (Å²) >= 11 is 0.714. The van der Waals surface area contributed by atoms with Gasteiger partial charge in [0.1, 0.15) is 34.8 Å². The molecular formula is C31H36FN5O7S. The van der Waals surface area contributed by atoms with Crippen LogP contribution in [-0.2, 0) is 14.3 Å². The van der Waals surface area contributed by atoms with Crippen molar-refractivity contribution in [3.05, 3.63) is 64.4 Å². The number of hydrogen-bond donors (Lipinski definition) is 3. The zero-order chi connectivity index (χ0) is 32.5. The van der Waals surface area contributed by atoms with Crippen LogP contribution in [0.2, 0.25) is 0 Å². The van der Waals surface area contributed by atoms with Crippen LogP contribution >= 0.6 is 11.5 Å². The van der Waals surface area contributed by atoms with Crippen LogP contribution < -0.4 is 30.7 Å². The molecule has 0 radical (unpaired) electrons. The maximum Gasteiger partial charge on any atom is 0.325 e. The van der Waals surface area contributed by atoms with E-state index in [1.54, 1.807) is 13.0 Å². The van der Waals surface area contributed by atoms with Crippen LogP contribution in [0.25, 0.3) is 0 Å². The number of benzene rings is 2. The first-order chi connectivity index (χ1) is 21.7. The summed E-state index contributed by atoms with van der Waals surface area (Å²) in [5.74, 6) is -2.70. The number of nitrogens with zero attached hydrogens (tertiary/aromatic N) is 2. The van der Waals surface area contributed by atoms with Crippen molar-refractivity contribution in [1.29, 1.82) is 0 Å². The highest BCUT2D eigenvalue weighted by atomic mass is 32.1. The number of nitrogen functional groups attached to an aromatic ring is 1. The number of carbonyl (C=O) groups excluding carboxylic acids is 4. The fourth-order valence-corrected chi connectivity index (χ4v) is 5.81. The summed E-state index contributed by atoms with van der Waals surface area (Å²) in [7, 11) is 2.85. The number of anilines is 2. The lowest BCUT2D eigenvalue weighted by Crippen LogP contribution is -2.45. The molecule has 0 saturated heterocycles. The lowest BCUT2D eigenvalue weighted by Gasteiger charge is -2.31. The van der Waals surface area contributed by atoms with Gasteiger partial charge in [-0.3, -0.25) is 24.1 Å². The average molecular weight is 642 g/mol. The second kappa shape index (κ2) is 15.3.